The average Bonchev–Trinajstić information content (AvgIpc) is 2.41. The van der Waals surface area contributed by atoms with Gasteiger partial charge in [0.25, 0.3) is 0 Å². The second-order valence-electron chi connectivity index (χ2n) is 5.94. The summed E-state index contributed by atoms with van der Waals surface area (Å²) >= 11 is 0. The zero-order chi connectivity index (χ0) is 13.8. The summed E-state index contributed by atoms with van der Waals surface area (Å²) in [6.07, 6.45) is 3.46. The van der Waals surface area contributed by atoms with E-state index in [1.54, 1.807) is 12.1 Å². The van der Waals surface area contributed by atoms with Gasteiger partial charge in [0.2, 0.25) is 0 Å². The predicted molar refractivity (Wildman–Crippen MR) is 77.5 cm³/mol. The van der Waals surface area contributed by atoms with Crippen LogP contribution in [0.15, 0.2) is 24.3 Å². The van der Waals surface area contributed by atoms with Crippen molar-refractivity contribution < 1.29 is 4.39 Å². The molecule has 0 spiro atoms. The zero-order valence-corrected chi connectivity index (χ0v) is 12.0. The predicted octanol–water partition coefficient (Wildman–Crippen LogP) is 2.82. The number of hydrogen-bond acceptors (Lipinski definition) is 2. The third-order valence-electron chi connectivity index (χ3n) is 4.30. The molecule has 0 saturated carbocycles. The first-order valence-electron chi connectivity index (χ1n) is 7.30. The fraction of sp³-hybridized carbons (Fsp3) is 0.625. The Bertz CT molecular complexity index is 388. The Morgan fingerprint density at radius 3 is 2.63 bits per heavy atom. The quantitative estimate of drug-likeness (QED) is 0.906. The summed E-state index contributed by atoms with van der Waals surface area (Å²) in [7, 11) is 0. The molecule has 3 unspecified atom stereocenters. The molecule has 1 aliphatic heterocycles. The topological polar surface area (TPSA) is 29.3 Å². The van der Waals surface area contributed by atoms with Crippen LogP contribution in [0.4, 0.5) is 4.39 Å². The Hall–Kier alpha value is -0.930. The highest BCUT2D eigenvalue weighted by molar-refractivity contribution is 5.17. The fourth-order valence-electron chi connectivity index (χ4n) is 2.96. The summed E-state index contributed by atoms with van der Waals surface area (Å²) in [6.45, 7) is 6.62. The number of hydrogen-bond donors (Lipinski definition) is 1. The van der Waals surface area contributed by atoms with Crippen molar-refractivity contribution in [3.8, 4) is 0 Å². The van der Waals surface area contributed by atoms with Crippen LogP contribution in [0.5, 0.6) is 0 Å². The molecule has 2 rings (SSSR count). The molecule has 2 N–H and O–H groups in total. The molecular weight excluding hydrogens is 239 g/mol. The van der Waals surface area contributed by atoms with Crippen LogP contribution in [0.3, 0.4) is 0 Å². The van der Waals surface area contributed by atoms with E-state index in [1.807, 2.05) is 12.1 Å². The van der Waals surface area contributed by atoms with Crippen LogP contribution in [-0.2, 0) is 6.42 Å². The van der Waals surface area contributed by atoms with Crippen LogP contribution >= 0.6 is 0 Å². The standard InChI is InChI=1S/C16H25FN2/c1-12(10-14-5-7-16(17)8-6-14)19-9-3-4-15(11-19)13(2)18/h5-8,12-13,15H,3-4,9-11,18H2,1-2H3. The minimum atomic E-state index is -0.161. The number of benzene rings is 1. The van der Waals surface area contributed by atoms with E-state index in [0.29, 0.717) is 12.0 Å². The van der Waals surface area contributed by atoms with E-state index < -0.39 is 0 Å². The molecule has 0 aromatic heterocycles. The first-order chi connectivity index (χ1) is 9.06. The van der Waals surface area contributed by atoms with E-state index in [4.69, 9.17) is 5.73 Å². The Labute approximate surface area is 115 Å². The molecule has 0 radical (unpaired) electrons. The molecule has 3 heteroatoms. The van der Waals surface area contributed by atoms with Crippen LogP contribution in [0.2, 0.25) is 0 Å². The molecular formula is C16H25FN2. The van der Waals surface area contributed by atoms with Gasteiger partial charge in [-0.25, -0.2) is 4.39 Å². The lowest BCUT2D eigenvalue weighted by Crippen LogP contribution is -2.46. The van der Waals surface area contributed by atoms with E-state index in [-0.39, 0.29) is 11.9 Å². The number of nitrogens with zero attached hydrogens (tertiary/aromatic N) is 1. The smallest absolute Gasteiger partial charge is 0.123 e. The van der Waals surface area contributed by atoms with Crippen molar-refractivity contribution >= 4 is 0 Å². The molecule has 3 atom stereocenters. The molecule has 1 saturated heterocycles. The molecule has 19 heavy (non-hydrogen) atoms. The normalized spacial score (nSPS) is 24.1. The van der Waals surface area contributed by atoms with Crippen LogP contribution in [-0.4, -0.2) is 30.1 Å². The lowest BCUT2D eigenvalue weighted by molar-refractivity contribution is 0.121. The fourth-order valence-corrected chi connectivity index (χ4v) is 2.96. The molecule has 1 heterocycles. The van der Waals surface area contributed by atoms with Crippen LogP contribution in [0.1, 0.15) is 32.3 Å². The van der Waals surface area contributed by atoms with Gasteiger partial charge in [0.1, 0.15) is 5.82 Å². The molecule has 0 amide bonds. The van der Waals surface area contributed by atoms with E-state index in [0.717, 1.165) is 19.5 Å². The van der Waals surface area contributed by atoms with Gasteiger partial charge in [0, 0.05) is 18.6 Å². The summed E-state index contributed by atoms with van der Waals surface area (Å²) in [6, 6.07) is 7.64. The van der Waals surface area contributed by atoms with Crippen LogP contribution < -0.4 is 5.73 Å². The lowest BCUT2D eigenvalue weighted by atomic mass is 9.90. The molecule has 2 nitrogen and oxygen atoms in total. The van der Waals surface area contributed by atoms with Crippen molar-refractivity contribution in [2.24, 2.45) is 11.7 Å². The average molecular weight is 264 g/mol. The molecule has 1 aromatic carbocycles. The minimum Gasteiger partial charge on any atom is -0.328 e. The second-order valence-corrected chi connectivity index (χ2v) is 5.94. The Morgan fingerprint density at radius 2 is 2.00 bits per heavy atom. The van der Waals surface area contributed by atoms with Gasteiger partial charge in [-0.2, -0.15) is 0 Å². The summed E-state index contributed by atoms with van der Waals surface area (Å²) in [5.74, 6) is 0.454. The van der Waals surface area contributed by atoms with E-state index in [2.05, 4.69) is 18.7 Å². The van der Waals surface area contributed by atoms with Crippen molar-refractivity contribution in [1.82, 2.24) is 4.90 Å². The highest BCUT2D eigenvalue weighted by Gasteiger charge is 2.25. The van der Waals surface area contributed by atoms with Gasteiger partial charge in [-0.15, -0.1) is 0 Å². The summed E-state index contributed by atoms with van der Waals surface area (Å²) < 4.78 is 12.9. The molecule has 1 fully saturated rings. The van der Waals surface area contributed by atoms with Gasteiger partial charge in [0.05, 0.1) is 0 Å². The summed E-state index contributed by atoms with van der Waals surface area (Å²) in [5, 5.41) is 0. The molecule has 106 valence electrons. The van der Waals surface area contributed by atoms with Gasteiger partial charge in [-0.1, -0.05) is 12.1 Å². The number of halogens is 1. The molecule has 1 aromatic rings. The molecule has 0 bridgehead atoms. The molecule has 1 aliphatic rings. The SMILES string of the molecule is CC(N)C1CCCN(C(C)Cc2ccc(F)cc2)C1. The minimum absolute atomic E-state index is 0.161. The highest BCUT2D eigenvalue weighted by Crippen LogP contribution is 2.22. The lowest BCUT2D eigenvalue weighted by Gasteiger charge is -2.38. The van der Waals surface area contributed by atoms with Crippen LogP contribution in [0, 0.1) is 11.7 Å². The number of likely N-dealkylation sites (tertiary alicyclic amines) is 1. The van der Waals surface area contributed by atoms with Crippen molar-refractivity contribution in [3.63, 3.8) is 0 Å². The number of rotatable bonds is 4. The third kappa shape index (κ3) is 4.02. The van der Waals surface area contributed by atoms with E-state index in [9.17, 15) is 4.39 Å². The summed E-state index contributed by atoms with van der Waals surface area (Å²) in [5.41, 5.74) is 7.24. The van der Waals surface area contributed by atoms with Crippen LogP contribution in [0.25, 0.3) is 0 Å². The Kier molecular flexibility index (Phi) is 4.94. The molecule has 0 aliphatic carbocycles. The van der Waals surface area contributed by atoms with Gasteiger partial charge < -0.3 is 5.73 Å². The first-order valence-corrected chi connectivity index (χ1v) is 7.30. The van der Waals surface area contributed by atoms with Gasteiger partial charge in [-0.3, -0.25) is 4.90 Å². The largest absolute Gasteiger partial charge is 0.328 e. The van der Waals surface area contributed by atoms with Gasteiger partial charge >= 0.3 is 0 Å². The maximum absolute atomic E-state index is 12.9. The van der Waals surface area contributed by atoms with Crippen molar-refractivity contribution in [1.29, 1.82) is 0 Å². The van der Waals surface area contributed by atoms with Gasteiger partial charge in [0.15, 0.2) is 0 Å². The van der Waals surface area contributed by atoms with Crippen molar-refractivity contribution in [2.45, 2.75) is 45.2 Å². The maximum atomic E-state index is 12.9. The van der Waals surface area contributed by atoms with Crippen molar-refractivity contribution in [3.05, 3.63) is 35.6 Å². The Morgan fingerprint density at radius 1 is 1.32 bits per heavy atom. The first kappa shape index (κ1) is 14.5. The third-order valence-corrected chi connectivity index (χ3v) is 4.30. The second kappa shape index (κ2) is 6.49. The monoisotopic (exact) mass is 264 g/mol. The maximum Gasteiger partial charge on any atom is 0.123 e. The zero-order valence-electron chi connectivity index (χ0n) is 12.0. The highest BCUT2D eigenvalue weighted by atomic mass is 19.1. The number of nitrogens with two attached hydrogens (primary N) is 1. The van der Waals surface area contributed by atoms with Gasteiger partial charge in [-0.05, 0) is 63.3 Å². The number of piperidine rings is 1. The van der Waals surface area contributed by atoms with Crippen molar-refractivity contribution in [2.75, 3.05) is 13.1 Å². The van der Waals surface area contributed by atoms with E-state index >= 15 is 0 Å². The van der Waals surface area contributed by atoms with E-state index in [1.165, 1.54) is 18.4 Å². The summed E-state index contributed by atoms with van der Waals surface area (Å²) in [4.78, 5) is 2.53. The Balaban J connectivity index is 1.92.